The third-order valence-corrected chi connectivity index (χ3v) is 15.1. The van der Waals surface area contributed by atoms with Gasteiger partial charge in [0.15, 0.2) is 0 Å². The first kappa shape index (κ1) is 78.3. The average Bonchev–Trinajstić information content (AvgIpc) is 3.53. The van der Waals surface area contributed by atoms with Gasteiger partial charge in [0.05, 0.1) is 0 Å². The topological polar surface area (TPSA) is 464 Å². The van der Waals surface area contributed by atoms with Crippen molar-refractivity contribution in [3.63, 3.8) is 0 Å². The van der Waals surface area contributed by atoms with Crippen molar-refractivity contribution < 1.29 is 52.7 Å². The van der Waals surface area contributed by atoms with E-state index in [-0.39, 0.29) is 121 Å². The molecule has 0 unspecified atom stereocenters. The molecule has 0 bridgehead atoms. The lowest BCUT2D eigenvalue weighted by atomic mass is 9.98. The minimum Gasteiger partial charge on any atom is -0.370 e. The molecular formula is C62H110N16O11. The lowest BCUT2D eigenvalue weighted by molar-refractivity contribution is -0.137. The molecular weight excluding hydrogens is 1140 g/mol. The van der Waals surface area contributed by atoms with Crippen LogP contribution in [0.4, 0.5) is 0 Å². The molecule has 0 aromatic heterocycles. The van der Waals surface area contributed by atoms with Crippen LogP contribution in [0, 0.1) is 17.8 Å². The number of nitrogens with two attached hydrogens (primary N) is 6. The number of benzene rings is 1. The van der Waals surface area contributed by atoms with Crippen molar-refractivity contribution in [2.75, 3.05) is 32.7 Å². The second-order valence-electron chi connectivity index (χ2n) is 24.6. The quantitative estimate of drug-likeness (QED) is 0.0402. The first-order valence-electron chi connectivity index (χ1n) is 32.2. The summed E-state index contributed by atoms with van der Waals surface area (Å²) >= 11 is 0. The Labute approximate surface area is 526 Å². The molecule has 1 aliphatic heterocycles. The fourth-order valence-electron chi connectivity index (χ4n) is 10.3. The Morgan fingerprint density at radius 2 is 0.539 bits per heavy atom. The molecule has 0 saturated carbocycles. The Kier molecular flexibility index (Phi) is 38.5. The largest absolute Gasteiger partial charge is 0.370 e. The monoisotopic (exact) mass is 1250 g/mol. The van der Waals surface area contributed by atoms with Crippen LogP contribution in [-0.4, -0.2) is 158 Å². The minimum absolute atomic E-state index is 0.0393. The van der Waals surface area contributed by atoms with Gasteiger partial charge in [-0.25, -0.2) is 0 Å². The van der Waals surface area contributed by atoms with Crippen LogP contribution in [0.15, 0.2) is 30.3 Å². The number of hydrogen-bond acceptors (Lipinski definition) is 16. The Morgan fingerprint density at radius 1 is 0.326 bits per heavy atom. The van der Waals surface area contributed by atoms with Gasteiger partial charge in [-0.15, -0.1) is 0 Å². The molecule has 11 amide bonds. The summed E-state index contributed by atoms with van der Waals surface area (Å²) in [6, 6.07) is -4.32. The van der Waals surface area contributed by atoms with E-state index in [0.717, 1.165) is 0 Å². The average molecular weight is 1260 g/mol. The van der Waals surface area contributed by atoms with Gasteiger partial charge in [0.2, 0.25) is 65.0 Å². The van der Waals surface area contributed by atoms with Gasteiger partial charge in [0, 0.05) is 12.8 Å². The van der Waals surface area contributed by atoms with Crippen LogP contribution in [0.2, 0.25) is 0 Å². The number of nitrogens with one attached hydrogen (secondary N) is 10. The lowest BCUT2D eigenvalue weighted by Crippen LogP contribution is -2.61. The van der Waals surface area contributed by atoms with E-state index in [4.69, 9.17) is 34.4 Å². The summed E-state index contributed by atoms with van der Waals surface area (Å²) in [6.07, 6.45) is 3.86. The van der Waals surface area contributed by atoms with Crippen LogP contribution in [0.3, 0.4) is 0 Å². The molecule has 1 heterocycles. The molecule has 27 nitrogen and oxygen atoms in total. The minimum atomic E-state index is -1.48. The molecule has 22 N–H and O–H groups in total. The third-order valence-electron chi connectivity index (χ3n) is 15.1. The zero-order valence-corrected chi connectivity index (χ0v) is 53.7. The summed E-state index contributed by atoms with van der Waals surface area (Å²) in [4.78, 5) is 158. The van der Waals surface area contributed by atoms with Crippen LogP contribution >= 0.6 is 0 Å². The van der Waals surface area contributed by atoms with Crippen molar-refractivity contribution >= 4 is 65.0 Å². The first-order valence-corrected chi connectivity index (χ1v) is 32.2. The molecule has 0 aliphatic carbocycles. The highest BCUT2D eigenvalue weighted by Gasteiger charge is 2.37. The molecule has 10 atom stereocenters. The van der Waals surface area contributed by atoms with Gasteiger partial charge < -0.3 is 87.6 Å². The highest BCUT2D eigenvalue weighted by atomic mass is 16.2. The molecule has 2 rings (SSSR count). The summed E-state index contributed by atoms with van der Waals surface area (Å²) in [5, 5.41) is 27.9. The maximum atomic E-state index is 14.8. The number of amides is 11. The van der Waals surface area contributed by atoms with Crippen LogP contribution in [0.25, 0.3) is 0 Å². The van der Waals surface area contributed by atoms with Crippen molar-refractivity contribution in [1.82, 2.24) is 53.2 Å². The van der Waals surface area contributed by atoms with Gasteiger partial charge in [-0.3, -0.25) is 52.7 Å². The lowest BCUT2D eigenvalue weighted by Gasteiger charge is -2.30. The van der Waals surface area contributed by atoms with Crippen molar-refractivity contribution in [2.45, 2.75) is 237 Å². The van der Waals surface area contributed by atoms with Crippen LogP contribution in [-0.2, 0) is 59.2 Å². The fraction of sp³-hybridized carbons (Fsp3) is 0.726. The van der Waals surface area contributed by atoms with Crippen LogP contribution in [0.1, 0.15) is 176 Å². The van der Waals surface area contributed by atoms with Gasteiger partial charge >= 0.3 is 0 Å². The first-order chi connectivity index (χ1) is 42.4. The molecule has 0 radical (unpaired) electrons. The van der Waals surface area contributed by atoms with E-state index in [1.54, 1.807) is 44.2 Å². The van der Waals surface area contributed by atoms with Gasteiger partial charge in [0.1, 0.15) is 60.4 Å². The summed E-state index contributed by atoms with van der Waals surface area (Å²) in [5.74, 6) is -9.16. The van der Waals surface area contributed by atoms with Crippen molar-refractivity contribution in [3.8, 4) is 0 Å². The summed E-state index contributed by atoms with van der Waals surface area (Å²) in [7, 11) is 0. The Hall–Kier alpha value is -6.81. The third kappa shape index (κ3) is 31.5. The van der Waals surface area contributed by atoms with Gasteiger partial charge in [-0.2, -0.15) is 0 Å². The number of unbranched alkanes of at least 4 members (excludes halogenated alkanes) is 5. The van der Waals surface area contributed by atoms with Gasteiger partial charge in [-0.1, -0.05) is 71.9 Å². The summed E-state index contributed by atoms with van der Waals surface area (Å²) in [5.41, 5.74) is 35.6. The van der Waals surface area contributed by atoms with E-state index in [9.17, 15) is 52.7 Å². The Bertz CT molecular complexity index is 2370. The van der Waals surface area contributed by atoms with E-state index in [2.05, 4.69) is 53.2 Å². The number of hydrogen-bond donors (Lipinski definition) is 16. The molecule has 504 valence electrons. The highest BCUT2D eigenvalue weighted by Crippen LogP contribution is 2.16. The molecule has 27 heteroatoms. The second kappa shape index (κ2) is 43.8. The number of rotatable bonds is 31. The molecule has 1 aromatic rings. The SMILES string of the molecule is CC(C)C[C@@H]1NC(=O)[C@H](CCCCN)NC(=O)[C@H](CCCCN)NC(=O)[C@H](Cc2ccccc2)NC(=O)[C@H](CCCCN)NC(=O)[C@H](CCCCN)NC(=O)[C@H](CCCCN)NC(=O)[C@H](CC(C)C)NC(=O)[C@H](CC(C)C)NC(=O)[C@H](CCC(N)=O)NC1=O. The standard InChI is InChI=1S/C62H110N16O11/c1-38(2)34-48-60(87)74-47(27-28-52(68)79)58(85)76-50(36-40(5)6)61(88)77-49(35-39(3)4)59(86)72-43(23-11-16-30-64)54(81)69-42(22-10-15-29-63)53(80)71-46(26-14-19-33-67)57(84)78-51(37-41-20-8-7-9-21-41)62(89)73-44(24-12-17-31-65)55(82)70-45(56(83)75-48)25-13-18-32-66/h7-9,20-21,38-40,42-51H,10-19,22-37,63-67H2,1-6H3,(H2,68,79)(H,69,81)(H,70,82)(H,71,80)(H,72,86)(H,73,89)(H,74,87)(H,75,83)(H,76,85)(H,77,88)(H,78,84)/t42-,43-,44-,45-,46-,47-,48-,49-,50-,51-/m0/s1. The van der Waals surface area contributed by atoms with Gasteiger partial charge in [0.25, 0.3) is 0 Å². The maximum absolute atomic E-state index is 14.8. The molecule has 89 heavy (non-hydrogen) atoms. The summed E-state index contributed by atoms with van der Waals surface area (Å²) < 4.78 is 0. The Morgan fingerprint density at radius 3 is 0.775 bits per heavy atom. The molecule has 1 saturated heterocycles. The van der Waals surface area contributed by atoms with E-state index < -0.39 is 125 Å². The van der Waals surface area contributed by atoms with E-state index in [0.29, 0.717) is 69.8 Å². The number of carbonyl (C=O) groups excluding carboxylic acids is 11. The van der Waals surface area contributed by atoms with Crippen molar-refractivity contribution in [3.05, 3.63) is 35.9 Å². The Balaban J connectivity index is 3.01. The smallest absolute Gasteiger partial charge is 0.243 e. The van der Waals surface area contributed by atoms with Crippen LogP contribution < -0.4 is 87.6 Å². The van der Waals surface area contributed by atoms with E-state index in [1.807, 2.05) is 27.7 Å². The maximum Gasteiger partial charge on any atom is 0.243 e. The van der Waals surface area contributed by atoms with E-state index >= 15 is 0 Å². The molecule has 0 spiro atoms. The molecule has 1 aromatic carbocycles. The molecule has 1 fully saturated rings. The molecule has 1 aliphatic rings. The highest BCUT2D eigenvalue weighted by molar-refractivity contribution is 5.99. The zero-order chi connectivity index (χ0) is 66.4. The zero-order valence-electron chi connectivity index (χ0n) is 53.7. The fourth-order valence-corrected chi connectivity index (χ4v) is 10.3. The normalized spacial score (nSPS) is 23.9. The number of carbonyl (C=O) groups is 11. The predicted octanol–water partition coefficient (Wildman–Crippen LogP) is -0.861. The van der Waals surface area contributed by atoms with Crippen molar-refractivity contribution in [2.24, 2.45) is 52.2 Å². The van der Waals surface area contributed by atoms with Crippen LogP contribution in [0.5, 0.6) is 0 Å². The summed E-state index contributed by atoms with van der Waals surface area (Å²) in [6.45, 7) is 12.2. The number of primary amides is 1. The second-order valence-corrected chi connectivity index (χ2v) is 24.6. The van der Waals surface area contributed by atoms with E-state index in [1.165, 1.54) is 0 Å². The predicted molar refractivity (Wildman–Crippen MR) is 341 cm³/mol. The van der Waals surface area contributed by atoms with Crippen molar-refractivity contribution in [1.29, 1.82) is 0 Å². The van der Waals surface area contributed by atoms with Gasteiger partial charge in [-0.05, 0) is 178 Å².